The van der Waals surface area contributed by atoms with Crippen molar-refractivity contribution in [1.82, 2.24) is 19.1 Å². The minimum Gasteiger partial charge on any atom is -0.454 e. The number of hydrogen-bond donors (Lipinski definition) is 0. The van der Waals surface area contributed by atoms with Gasteiger partial charge in [-0.15, -0.1) is 0 Å². The van der Waals surface area contributed by atoms with Gasteiger partial charge in [-0.25, -0.2) is 9.97 Å². The Hall–Kier alpha value is -10.6. The molecule has 0 aliphatic heterocycles. The van der Waals surface area contributed by atoms with Crippen LogP contribution in [0.25, 0.3) is 133 Å². The molecule has 0 bridgehead atoms. The van der Waals surface area contributed by atoms with Crippen LogP contribution in [-0.4, -0.2) is 19.1 Å². The van der Waals surface area contributed by atoms with Gasteiger partial charge >= 0.3 is 0 Å². The van der Waals surface area contributed by atoms with Gasteiger partial charge in [0.05, 0.1) is 44.6 Å². The zero-order chi connectivity index (χ0) is 51.2. The van der Waals surface area contributed by atoms with Crippen LogP contribution in [0.5, 0.6) is 0 Å². The number of aromatic nitrogens is 4. The molecule has 15 aromatic rings. The van der Waals surface area contributed by atoms with Crippen molar-refractivity contribution in [2.24, 2.45) is 0 Å². The van der Waals surface area contributed by atoms with Crippen LogP contribution >= 0.6 is 0 Å². The Morgan fingerprint density at radius 2 is 0.910 bits per heavy atom. The molecular weight excluding hydrogens is 951 g/mol. The number of nitrogens with zero attached hydrogens (tertiary/aromatic N) is 5. The molecule has 0 amide bonds. The first-order valence-corrected chi connectivity index (χ1v) is 26.5. The van der Waals surface area contributed by atoms with E-state index in [0.29, 0.717) is 28.4 Å². The van der Waals surface area contributed by atoms with Crippen LogP contribution in [0.1, 0.15) is 27.8 Å². The van der Waals surface area contributed by atoms with Crippen LogP contribution in [-0.2, 0) is 5.41 Å². The summed E-state index contributed by atoms with van der Waals surface area (Å²) in [6.07, 6.45) is 0. The fourth-order valence-electron chi connectivity index (χ4n) is 13.9. The highest BCUT2D eigenvalue weighted by atomic mass is 16.3. The zero-order valence-electron chi connectivity index (χ0n) is 41.8. The highest BCUT2D eigenvalue weighted by molar-refractivity contribution is 6.33. The molecule has 6 nitrogen and oxygen atoms in total. The van der Waals surface area contributed by atoms with Crippen LogP contribution in [0.2, 0.25) is 0 Å². The summed E-state index contributed by atoms with van der Waals surface area (Å²) in [4.78, 5) is 10.7. The lowest BCUT2D eigenvalue weighted by atomic mass is 9.69. The Morgan fingerprint density at radius 3 is 1.54 bits per heavy atom. The van der Waals surface area contributed by atoms with Gasteiger partial charge in [0.1, 0.15) is 17.2 Å². The molecule has 78 heavy (non-hydrogen) atoms. The van der Waals surface area contributed by atoms with Crippen molar-refractivity contribution in [3.8, 4) is 73.6 Å². The van der Waals surface area contributed by atoms with Gasteiger partial charge in [-0.05, 0) is 81.4 Å². The smallest absolute Gasteiger partial charge is 0.161 e. The normalized spacial score (nSPS) is 13.0. The van der Waals surface area contributed by atoms with E-state index < -0.39 is 5.41 Å². The van der Waals surface area contributed by atoms with E-state index in [2.05, 4.69) is 191 Å². The molecule has 4 heterocycles. The summed E-state index contributed by atoms with van der Waals surface area (Å²) < 4.78 is 12.3. The Labute approximate surface area is 447 Å². The molecule has 0 radical (unpaired) electrons. The molecule has 4 aromatic heterocycles. The Kier molecular flexibility index (Phi) is 8.74. The lowest BCUT2D eigenvalue weighted by Gasteiger charge is -2.31. The largest absolute Gasteiger partial charge is 0.454 e. The molecule has 6 heteroatoms. The number of nitriles is 1. The van der Waals surface area contributed by atoms with Crippen molar-refractivity contribution in [3.63, 3.8) is 0 Å². The second-order valence-corrected chi connectivity index (χ2v) is 20.5. The SMILES string of the molecule is N#Cc1c(-c2ccccc2)nc(-c2ccc(-n3c4ccccc4c4c3c3c(c5c6ccccc6n(-c6ccccc6)c54)C4(c5ccccc5-c5ccccc54)c4ccccc4-3)c3oc4ccccc4c23)nc1-c1ccccc1. The van der Waals surface area contributed by atoms with E-state index in [-0.39, 0.29) is 0 Å². The van der Waals surface area contributed by atoms with E-state index >= 15 is 0 Å². The van der Waals surface area contributed by atoms with Gasteiger partial charge in [-0.1, -0.05) is 206 Å². The van der Waals surface area contributed by atoms with Crippen LogP contribution < -0.4 is 0 Å². The van der Waals surface area contributed by atoms with Crippen LogP contribution in [0.4, 0.5) is 0 Å². The molecule has 11 aromatic carbocycles. The highest BCUT2D eigenvalue weighted by Gasteiger charge is 2.54. The number of fused-ring (bicyclic) bond motifs is 22. The van der Waals surface area contributed by atoms with Crippen molar-refractivity contribution in [1.29, 1.82) is 5.26 Å². The highest BCUT2D eigenvalue weighted by Crippen LogP contribution is 2.67. The molecule has 17 rings (SSSR count). The first-order valence-electron chi connectivity index (χ1n) is 26.5. The Bertz CT molecular complexity index is 4990. The molecule has 0 fully saturated rings. The predicted molar refractivity (Wildman–Crippen MR) is 315 cm³/mol. The zero-order valence-corrected chi connectivity index (χ0v) is 41.8. The maximum atomic E-state index is 10.9. The number of hydrogen-bond acceptors (Lipinski definition) is 4. The van der Waals surface area contributed by atoms with Gasteiger partial charge in [0.25, 0.3) is 0 Å². The van der Waals surface area contributed by atoms with Gasteiger partial charge in [0.2, 0.25) is 0 Å². The maximum absolute atomic E-state index is 10.9. The molecular formula is C72H41N5O. The first kappa shape index (κ1) is 42.7. The molecule has 2 aliphatic rings. The summed E-state index contributed by atoms with van der Waals surface area (Å²) in [6, 6.07) is 91.2. The number of furan rings is 1. The first-order chi connectivity index (χ1) is 38.7. The Balaban J connectivity index is 1.08. The standard InChI is InChI=1S/C72H41N5O/c73-42-53-66(43-22-4-1-5-23-43)74-71(75-67(53)44-24-6-2-7-25-44)52-40-41-59(70-61(52)51-33-15-21-39-60(51)78-70)77-58-38-20-14-32-50(58)64-68-63(49-31-13-19-37-57(49)76(68)45-26-8-3-9-27-45)65-62(69(64)77)48-30-12-18-36-56(48)72(65)54-34-16-10-28-46(54)47-29-11-17-35-55(47)72/h1-41H. The molecule has 0 saturated heterocycles. The summed E-state index contributed by atoms with van der Waals surface area (Å²) in [5.74, 6) is 0.501. The van der Waals surface area contributed by atoms with E-state index in [1.165, 1.54) is 55.3 Å². The minimum absolute atomic E-state index is 0.421. The quantitative estimate of drug-likeness (QED) is 0.172. The summed E-state index contributed by atoms with van der Waals surface area (Å²) in [7, 11) is 0. The van der Waals surface area contributed by atoms with Crippen molar-refractivity contribution in [3.05, 3.63) is 277 Å². The van der Waals surface area contributed by atoms with Crippen molar-refractivity contribution >= 4 is 65.6 Å². The van der Waals surface area contributed by atoms with Crippen LogP contribution in [0.3, 0.4) is 0 Å². The molecule has 0 atom stereocenters. The van der Waals surface area contributed by atoms with Gasteiger partial charge in [0, 0.05) is 60.3 Å². The molecule has 360 valence electrons. The van der Waals surface area contributed by atoms with Crippen LogP contribution in [0, 0.1) is 11.3 Å². The van der Waals surface area contributed by atoms with E-state index in [9.17, 15) is 5.26 Å². The third-order valence-corrected chi connectivity index (χ3v) is 16.8. The fraction of sp³-hybridized carbons (Fsp3) is 0.0139. The minimum atomic E-state index is -0.670. The molecule has 0 N–H and O–H groups in total. The molecule has 0 unspecified atom stereocenters. The summed E-state index contributed by atoms with van der Waals surface area (Å²) in [6.45, 7) is 0. The van der Waals surface area contributed by atoms with E-state index in [1.54, 1.807) is 0 Å². The van der Waals surface area contributed by atoms with Crippen molar-refractivity contribution in [2.75, 3.05) is 0 Å². The van der Waals surface area contributed by atoms with Crippen molar-refractivity contribution in [2.45, 2.75) is 5.41 Å². The summed E-state index contributed by atoms with van der Waals surface area (Å²) >= 11 is 0. The monoisotopic (exact) mass is 991 g/mol. The van der Waals surface area contributed by atoms with Gasteiger partial charge in [0.15, 0.2) is 11.4 Å². The maximum Gasteiger partial charge on any atom is 0.161 e. The third-order valence-electron chi connectivity index (χ3n) is 16.8. The van der Waals surface area contributed by atoms with Gasteiger partial charge in [-0.3, -0.25) is 0 Å². The Morgan fingerprint density at radius 1 is 0.410 bits per heavy atom. The lowest BCUT2D eigenvalue weighted by molar-refractivity contribution is 0.666. The van der Waals surface area contributed by atoms with E-state index in [0.717, 1.165) is 77.3 Å². The van der Waals surface area contributed by atoms with E-state index in [1.807, 2.05) is 72.8 Å². The second kappa shape index (κ2) is 16.0. The third kappa shape index (κ3) is 5.48. The number of benzene rings is 11. The van der Waals surface area contributed by atoms with Gasteiger partial charge < -0.3 is 13.6 Å². The summed E-state index contributed by atoms with van der Waals surface area (Å²) in [5, 5.41) is 17.5. The number of rotatable bonds is 5. The topological polar surface area (TPSA) is 72.6 Å². The van der Waals surface area contributed by atoms with Crippen molar-refractivity contribution < 1.29 is 4.42 Å². The average Bonchev–Trinajstić information content (AvgIpc) is 2.35. The lowest BCUT2D eigenvalue weighted by Crippen LogP contribution is -2.26. The van der Waals surface area contributed by atoms with Crippen LogP contribution in [0.15, 0.2) is 253 Å². The average molecular weight is 992 g/mol. The summed E-state index contributed by atoms with van der Waals surface area (Å²) in [5.41, 5.74) is 21.3. The number of para-hydroxylation sites is 4. The molecule has 0 saturated carbocycles. The fourth-order valence-corrected chi connectivity index (χ4v) is 13.9. The predicted octanol–water partition coefficient (Wildman–Crippen LogP) is 17.8. The van der Waals surface area contributed by atoms with E-state index in [4.69, 9.17) is 14.4 Å². The molecule has 1 spiro atoms. The van der Waals surface area contributed by atoms with Gasteiger partial charge in [-0.2, -0.15) is 5.26 Å². The molecule has 2 aliphatic carbocycles. The second-order valence-electron chi connectivity index (χ2n) is 20.5.